The van der Waals surface area contributed by atoms with E-state index >= 15 is 0 Å². The molecule has 0 aliphatic carbocycles. The first-order valence-electron chi connectivity index (χ1n) is 7.45. The number of carbonyl (C=O) groups is 1. The summed E-state index contributed by atoms with van der Waals surface area (Å²) in [6.07, 6.45) is 1.05. The average molecular weight is 401 g/mol. The van der Waals surface area contributed by atoms with Gasteiger partial charge in [-0.05, 0) is 42.8 Å². The molecule has 0 fully saturated rings. The van der Waals surface area contributed by atoms with Crippen LogP contribution in [-0.2, 0) is 21.4 Å². The maximum atomic E-state index is 12.5. The van der Waals surface area contributed by atoms with E-state index in [4.69, 9.17) is 23.2 Å². The van der Waals surface area contributed by atoms with Gasteiger partial charge in [0.15, 0.2) is 0 Å². The molecule has 0 heterocycles. The molecule has 1 amide bonds. The van der Waals surface area contributed by atoms with Crippen LogP contribution in [0.4, 0.5) is 5.69 Å². The molecule has 0 saturated carbocycles. The monoisotopic (exact) mass is 400 g/mol. The van der Waals surface area contributed by atoms with Crippen molar-refractivity contribution < 1.29 is 13.2 Å². The van der Waals surface area contributed by atoms with Crippen molar-refractivity contribution in [2.24, 2.45) is 0 Å². The lowest BCUT2D eigenvalue weighted by Gasteiger charge is -2.28. The second kappa shape index (κ2) is 8.08. The van der Waals surface area contributed by atoms with Crippen LogP contribution in [-0.4, -0.2) is 26.6 Å². The summed E-state index contributed by atoms with van der Waals surface area (Å²) in [7, 11) is -3.67. The Balaban J connectivity index is 2.17. The fourth-order valence-electron chi connectivity index (χ4n) is 2.36. The molecule has 25 heavy (non-hydrogen) atoms. The molecule has 0 bridgehead atoms. The van der Waals surface area contributed by atoms with Crippen LogP contribution in [0.15, 0.2) is 48.5 Å². The molecule has 1 N–H and O–H groups in total. The van der Waals surface area contributed by atoms with E-state index in [2.05, 4.69) is 5.32 Å². The minimum absolute atomic E-state index is 0.271. The van der Waals surface area contributed by atoms with Gasteiger partial charge in [0.25, 0.3) is 0 Å². The van der Waals surface area contributed by atoms with E-state index < -0.39 is 22.0 Å². The molecule has 0 aliphatic heterocycles. The Morgan fingerprint density at radius 3 is 2.32 bits per heavy atom. The topological polar surface area (TPSA) is 66.5 Å². The number of nitrogens with one attached hydrogen (secondary N) is 1. The van der Waals surface area contributed by atoms with Gasteiger partial charge in [0.05, 0.1) is 11.9 Å². The van der Waals surface area contributed by atoms with Crippen LogP contribution in [0.2, 0.25) is 10.0 Å². The summed E-state index contributed by atoms with van der Waals surface area (Å²) in [4.78, 5) is 12.5. The highest BCUT2D eigenvalue weighted by molar-refractivity contribution is 7.92. The largest absolute Gasteiger partial charge is 0.350 e. The van der Waals surface area contributed by atoms with Crippen molar-refractivity contribution in [1.82, 2.24) is 5.32 Å². The summed E-state index contributed by atoms with van der Waals surface area (Å²) < 4.78 is 25.4. The molecule has 1 atom stereocenters. The number of halogens is 2. The van der Waals surface area contributed by atoms with Crippen molar-refractivity contribution in [2.45, 2.75) is 19.5 Å². The van der Waals surface area contributed by atoms with Gasteiger partial charge >= 0.3 is 0 Å². The van der Waals surface area contributed by atoms with Gasteiger partial charge in [-0.3, -0.25) is 9.10 Å². The summed E-state index contributed by atoms with van der Waals surface area (Å²) in [5.74, 6) is -0.416. The van der Waals surface area contributed by atoms with E-state index in [1.54, 1.807) is 42.5 Å². The molecule has 8 heteroatoms. The number of rotatable bonds is 6. The van der Waals surface area contributed by atoms with Crippen molar-refractivity contribution in [3.63, 3.8) is 0 Å². The molecule has 0 saturated heterocycles. The van der Waals surface area contributed by atoms with Crippen LogP contribution in [0, 0.1) is 0 Å². The molecule has 2 aromatic rings. The third-order valence-corrected chi connectivity index (χ3v) is 5.26. The fourth-order valence-corrected chi connectivity index (χ4v) is 3.84. The molecule has 1 unspecified atom stereocenters. The Hall–Kier alpha value is -1.76. The highest BCUT2D eigenvalue weighted by Crippen LogP contribution is 2.24. The second-order valence-corrected chi connectivity index (χ2v) is 8.29. The van der Waals surface area contributed by atoms with Crippen molar-refractivity contribution in [3.05, 3.63) is 64.1 Å². The van der Waals surface area contributed by atoms with E-state index in [0.717, 1.165) is 16.1 Å². The van der Waals surface area contributed by atoms with Crippen LogP contribution in [0.3, 0.4) is 0 Å². The standard InChI is InChI=1S/C17H18Cl2N2O3S/c1-12(17(22)20-11-13-6-8-14(18)9-7-13)21(25(2,23)24)16-5-3-4-15(19)10-16/h3-10,12H,11H2,1-2H3,(H,20,22). The van der Waals surface area contributed by atoms with E-state index in [9.17, 15) is 13.2 Å². The Labute approximate surface area is 157 Å². The first kappa shape index (κ1) is 19.6. The molecule has 134 valence electrons. The first-order valence-corrected chi connectivity index (χ1v) is 10.1. The van der Waals surface area contributed by atoms with Crippen molar-refractivity contribution in [1.29, 1.82) is 0 Å². The van der Waals surface area contributed by atoms with Crippen LogP contribution < -0.4 is 9.62 Å². The van der Waals surface area contributed by atoms with Gasteiger partial charge in [-0.2, -0.15) is 0 Å². The summed E-state index contributed by atoms with van der Waals surface area (Å²) in [5, 5.41) is 3.73. The third-order valence-electron chi connectivity index (χ3n) is 3.53. The zero-order chi connectivity index (χ0) is 18.6. The first-order chi connectivity index (χ1) is 11.7. The van der Waals surface area contributed by atoms with Gasteiger partial charge in [-0.1, -0.05) is 41.4 Å². The zero-order valence-corrected chi connectivity index (χ0v) is 16.1. The minimum Gasteiger partial charge on any atom is -0.350 e. The molecular formula is C17H18Cl2N2O3S. The van der Waals surface area contributed by atoms with Crippen molar-refractivity contribution in [3.8, 4) is 0 Å². The van der Waals surface area contributed by atoms with Crippen LogP contribution in [0.25, 0.3) is 0 Å². The smallest absolute Gasteiger partial charge is 0.243 e. The molecule has 0 aliphatic rings. The lowest BCUT2D eigenvalue weighted by molar-refractivity contribution is -0.122. The van der Waals surface area contributed by atoms with Gasteiger partial charge in [-0.25, -0.2) is 8.42 Å². The number of hydrogen-bond donors (Lipinski definition) is 1. The summed E-state index contributed by atoms with van der Waals surface area (Å²) in [6, 6.07) is 12.5. The molecule has 0 spiro atoms. The molecule has 2 rings (SSSR count). The predicted molar refractivity (Wildman–Crippen MR) is 102 cm³/mol. The summed E-state index contributed by atoms with van der Waals surface area (Å²) >= 11 is 11.8. The highest BCUT2D eigenvalue weighted by atomic mass is 35.5. The Kier molecular flexibility index (Phi) is 6.32. The maximum Gasteiger partial charge on any atom is 0.243 e. The number of amides is 1. The van der Waals surface area contributed by atoms with Gasteiger partial charge < -0.3 is 5.32 Å². The molecular weight excluding hydrogens is 383 g/mol. The number of carbonyl (C=O) groups excluding carboxylic acids is 1. The van der Waals surface area contributed by atoms with E-state index in [1.807, 2.05) is 0 Å². The lowest BCUT2D eigenvalue weighted by atomic mass is 10.2. The van der Waals surface area contributed by atoms with Gasteiger partial charge in [0.1, 0.15) is 6.04 Å². The molecule has 0 aromatic heterocycles. The molecule has 0 radical (unpaired) electrons. The Morgan fingerprint density at radius 1 is 1.12 bits per heavy atom. The Morgan fingerprint density at radius 2 is 1.76 bits per heavy atom. The van der Waals surface area contributed by atoms with E-state index in [-0.39, 0.29) is 6.54 Å². The zero-order valence-electron chi connectivity index (χ0n) is 13.7. The van der Waals surface area contributed by atoms with Gasteiger partial charge in [-0.15, -0.1) is 0 Å². The molecule has 5 nitrogen and oxygen atoms in total. The maximum absolute atomic E-state index is 12.5. The highest BCUT2D eigenvalue weighted by Gasteiger charge is 2.29. The third kappa shape index (κ3) is 5.36. The number of nitrogens with zero attached hydrogens (tertiary/aromatic N) is 1. The van der Waals surface area contributed by atoms with E-state index in [0.29, 0.717) is 15.7 Å². The summed E-state index contributed by atoms with van der Waals surface area (Å²) in [5.41, 5.74) is 1.20. The normalized spacial score (nSPS) is 12.5. The minimum atomic E-state index is -3.67. The van der Waals surface area contributed by atoms with Crippen LogP contribution in [0.5, 0.6) is 0 Å². The second-order valence-electron chi connectivity index (χ2n) is 5.56. The summed E-state index contributed by atoms with van der Waals surface area (Å²) in [6.45, 7) is 1.80. The quantitative estimate of drug-likeness (QED) is 0.806. The van der Waals surface area contributed by atoms with Crippen molar-refractivity contribution >= 4 is 44.8 Å². The number of sulfonamides is 1. The van der Waals surface area contributed by atoms with Crippen LogP contribution >= 0.6 is 23.2 Å². The number of benzene rings is 2. The molecule has 2 aromatic carbocycles. The van der Waals surface area contributed by atoms with E-state index in [1.165, 1.54) is 13.0 Å². The number of anilines is 1. The average Bonchev–Trinajstić information content (AvgIpc) is 2.53. The van der Waals surface area contributed by atoms with Crippen LogP contribution in [0.1, 0.15) is 12.5 Å². The number of hydrogen-bond acceptors (Lipinski definition) is 3. The van der Waals surface area contributed by atoms with Gasteiger partial charge in [0.2, 0.25) is 15.9 Å². The van der Waals surface area contributed by atoms with Crippen molar-refractivity contribution in [2.75, 3.05) is 10.6 Å². The fraction of sp³-hybridized carbons (Fsp3) is 0.235. The Bertz CT molecular complexity index is 854. The SMILES string of the molecule is CC(C(=O)NCc1ccc(Cl)cc1)N(c1cccc(Cl)c1)S(C)(=O)=O. The lowest BCUT2D eigenvalue weighted by Crippen LogP contribution is -2.47. The van der Waals surface area contributed by atoms with Gasteiger partial charge in [0, 0.05) is 16.6 Å². The predicted octanol–water partition coefficient (Wildman–Crippen LogP) is 3.46.